The van der Waals surface area contributed by atoms with Crippen LogP contribution in [0.3, 0.4) is 0 Å². The molecule has 6 nitrogen and oxygen atoms in total. The van der Waals surface area contributed by atoms with Crippen LogP contribution in [0.1, 0.15) is 79.9 Å². The summed E-state index contributed by atoms with van der Waals surface area (Å²) >= 11 is 1.66. The summed E-state index contributed by atoms with van der Waals surface area (Å²) in [5, 5.41) is 3.93. The summed E-state index contributed by atoms with van der Waals surface area (Å²) in [5.74, 6) is 0.469. The van der Waals surface area contributed by atoms with E-state index in [4.69, 9.17) is 9.72 Å². The first kappa shape index (κ1) is 22.8. The number of ether oxygens (including phenoxy) is 1. The number of aryl methyl sites for hydroxylation is 1. The van der Waals surface area contributed by atoms with Crippen molar-refractivity contribution in [3.63, 3.8) is 0 Å². The van der Waals surface area contributed by atoms with Gasteiger partial charge in [-0.3, -0.25) is 4.79 Å². The maximum absolute atomic E-state index is 13.7. The lowest BCUT2D eigenvalue weighted by molar-refractivity contribution is 0.0461. The summed E-state index contributed by atoms with van der Waals surface area (Å²) in [6.45, 7) is 8.67. The molecule has 1 N–H and O–H groups in total. The summed E-state index contributed by atoms with van der Waals surface area (Å²) in [6.07, 6.45) is 4.73. The first-order chi connectivity index (χ1) is 15.2. The quantitative estimate of drug-likeness (QED) is 0.645. The first-order valence-corrected chi connectivity index (χ1v) is 12.4. The molecule has 32 heavy (non-hydrogen) atoms. The Kier molecular flexibility index (Phi) is 6.56. The van der Waals surface area contributed by atoms with Gasteiger partial charge in [-0.1, -0.05) is 29.8 Å². The average Bonchev–Trinajstić information content (AvgIpc) is 3.49. The number of hydrogen-bond donors (Lipinski definition) is 1. The molecule has 1 aromatic heterocycles. The van der Waals surface area contributed by atoms with Crippen molar-refractivity contribution in [2.75, 3.05) is 13.1 Å². The minimum absolute atomic E-state index is 0.0275. The van der Waals surface area contributed by atoms with Gasteiger partial charge in [0.1, 0.15) is 11.3 Å². The Morgan fingerprint density at radius 1 is 1.22 bits per heavy atom. The first-order valence-electron chi connectivity index (χ1n) is 11.6. The Morgan fingerprint density at radius 3 is 2.69 bits per heavy atom. The van der Waals surface area contributed by atoms with Gasteiger partial charge >= 0.3 is 6.09 Å². The highest BCUT2D eigenvalue weighted by atomic mass is 32.1. The van der Waals surface area contributed by atoms with E-state index in [1.54, 1.807) is 11.3 Å². The lowest BCUT2D eigenvalue weighted by Gasteiger charge is -2.35. The second-order valence-corrected chi connectivity index (χ2v) is 10.9. The highest BCUT2D eigenvalue weighted by Gasteiger charge is 2.34. The van der Waals surface area contributed by atoms with Gasteiger partial charge in [0.25, 0.3) is 5.91 Å². The van der Waals surface area contributed by atoms with Gasteiger partial charge in [-0.15, -0.1) is 11.3 Å². The third kappa shape index (κ3) is 5.49. The maximum Gasteiger partial charge on any atom is 0.407 e. The summed E-state index contributed by atoms with van der Waals surface area (Å²) in [5.41, 5.74) is 2.24. The van der Waals surface area contributed by atoms with E-state index in [1.165, 1.54) is 5.56 Å². The molecule has 1 aliphatic heterocycles. The lowest BCUT2D eigenvalue weighted by Crippen LogP contribution is -2.50. The van der Waals surface area contributed by atoms with Gasteiger partial charge in [-0.05, 0) is 65.4 Å². The smallest absolute Gasteiger partial charge is 0.407 e. The summed E-state index contributed by atoms with van der Waals surface area (Å²) in [6, 6.07) is 8.23. The van der Waals surface area contributed by atoms with Gasteiger partial charge in [-0.25, -0.2) is 9.78 Å². The standard InChI is InChI=1S/C25H33N3O3S/c1-16-8-7-9-18(14-16)21-20(27-22(32-21)17-11-12-17)23(29)28-13-6-5-10-19(28)15-26-24(30)31-25(2,3)4/h7-9,14,17,19H,5-6,10-13,15H2,1-4H3,(H,26,30). The van der Waals surface area contributed by atoms with Crippen molar-refractivity contribution in [3.05, 3.63) is 40.5 Å². The fraction of sp³-hybridized carbons (Fsp3) is 0.560. The number of rotatable bonds is 5. The van der Waals surface area contributed by atoms with Crippen LogP contribution in [0.4, 0.5) is 4.79 Å². The number of carbonyl (C=O) groups excluding carboxylic acids is 2. The minimum Gasteiger partial charge on any atom is -0.444 e. The van der Waals surface area contributed by atoms with Crippen molar-refractivity contribution in [2.24, 2.45) is 0 Å². The molecule has 0 radical (unpaired) electrons. The molecule has 1 saturated heterocycles. The van der Waals surface area contributed by atoms with Gasteiger partial charge in [0.05, 0.1) is 9.88 Å². The van der Waals surface area contributed by atoms with E-state index in [0.717, 1.165) is 47.6 Å². The monoisotopic (exact) mass is 455 g/mol. The Labute approximate surface area is 194 Å². The molecule has 2 aromatic rings. The summed E-state index contributed by atoms with van der Waals surface area (Å²) in [7, 11) is 0. The largest absolute Gasteiger partial charge is 0.444 e. The molecule has 1 aromatic carbocycles. The van der Waals surface area contributed by atoms with Crippen molar-refractivity contribution < 1.29 is 14.3 Å². The molecule has 1 aliphatic carbocycles. The summed E-state index contributed by atoms with van der Waals surface area (Å²) < 4.78 is 5.37. The predicted molar refractivity (Wildman–Crippen MR) is 127 cm³/mol. The Morgan fingerprint density at radius 2 is 2.00 bits per heavy atom. The molecule has 1 atom stereocenters. The normalized spacial score (nSPS) is 19.0. The van der Waals surface area contributed by atoms with Crippen LogP contribution in [-0.2, 0) is 4.74 Å². The number of amides is 2. The summed E-state index contributed by atoms with van der Waals surface area (Å²) in [4.78, 5) is 33.6. The van der Waals surface area contributed by atoms with Crippen LogP contribution >= 0.6 is 11.3 Å². The Bertz CT molecular complexity index is 991. The molecule has 2 fully saturated rings. The average molecular weight is 456 g/mol. The van der Waals surface area contributed by atoms with Crippen LogP contribution in [0.2, 0.25) is 0 Å². The third-order valence-corrected chi connectivity index (χ3v) is 7.09. The number of nitrogens with zero attached hydrogens (tertiary/aromatic N) is 2. The highest BCUT2D eigenvalue weighted by Crippen LogP contribution is 2.45. The van der Waals surface area contributed by atoms with Crippen LogP contribution in [0.15, 0.2) is 24.3 Å². The molecule has 4 rings (SSSR count). The molecule has 2 heterocycles. The van der Waals surface area contributed by atoms with Crippen LogP contribution in [-0.4, -0.2) is 46.6 Å². The van der Waals surface area contributed by atoms with E-state index >= 15 is 0 Å². The molecule has 172 valence electrons. The van der Waals surface area contributed by atoms with E-state index in [2.05, 4.69) is 30.4 Å². The topological polar surface area (TPSA) is 71.5 Å². The number of aromatic nitrogens is 1. The number of alkyl carbamates (subject to hydrolysis) is 1. The number of thiazole rings is 1. The van der Waals surface area contributed by atoms with Gasteiger partial charge < -0.3 is 15.0 Å². The number of carbonyl (C=O) groups is 2. The third-order valence-electron chi connectivity index (χ3n) is 5.82. The van der Waals surface area contributed by atoms with Crippen molar-refractivity contribution in [1.82, 2.24) is 15.2 Å². The second kappa shape index (κ2) is 9.22. The molecule has 7 heteroatoms. The molecule has 2 amide bonds. The number of likely N-dealkylation sites (tertiary alicyclic amines) is 1. The van der Waals surface area contributed by atoms with Crippen LogP contribution in [0.5, 0.6) is 0 Å². The number of piperidine rings is 1. The Balaban J connectivity index is 1.56. The molecule has 0 bridgehead atoms. The van der Waals surface area contributed by atoms with Crippen molar-refractivity contribution in [1.29, 1.82) is 0 Å². The van der Waals surface area contributed by atoms with Crippen molar-refractivity contribution >= 4 is 23.3 Å². The van der Waals surface area contributed by atoms with Crippen LogP contribution in [0.25, 0.3) is 10.4 Å². The predicted octanol–water partition coefficient (Wildman–Crippen LogP) is 5.52. The van der Waals surface area contributed by atoms with E-state index in [1.807, 2.05) is 31.7 Å². The molecule has 1 unspecified atom stereocenters. The van der Waals surface area contributed by atoms with Crippen LogP contribution in [0, 0.1) is 6.92 Å². The Hall–Kier alpha value is -2.41. The van der Waals surface area contributed by atoms with Crippen LogP contribution < -0.4 is 5.32 Å². The molecule has 2 aliphatic rings. The maximum atomic E-state index is 13.7. The lowest BCUT2D eigenvalue weighted by atomic mass is 10.0. The van der Waals surface area contributed by atoms with Gasteiger partial charge in [0.15, 0.2) is 0 Å². The van der Waals surface area contributed by atoms with E-state index in [0.29, 0.717) is 24.7 Å². The zero-order chi connectivity index (χ0) is 22.9. The number of nitrogens with one attached hydrogen (secondary N) is 1. The van der Waals surface area contributed by atoms with Gasteiger partial charge in [0, 0.05) is 25.0 Å². The zero-order valence-electron chi connectivity index (χ0n) is 19.4. The second-order valence-electron chi connectivity index (χ2n) is 9.90. The SMILES string of the molecule is Cc1cccc(-c2sc(C3CC3)nc2C(=O)N2CCCCC2CNC(=O)OC(C)(C)C)c1. The van der Waals surface area contributed by atoms with E-state index in [9.17, 15) is 9.59 Å². The van der Waals surface area contributed by atoms with E-state index in [-0.39, 0.29) is 11.9 Å². The highest BCUT2D eigenvalue weighted by molar-refractivity contribution is 7.15. The molecule has 0 spiro atoms. The number of benzene rings is 1. The number of hydrogen-bond acceptors (Lipinski definition) is 5. The minimum atomic E-state index is -0.547. The van der Waals surface area contributed by atoms with Crippen molar-refractivity contribution in [3.8, 4) is 10.4 Å². The zero-order valence-corrected chi connectivity index (χ0v) is 20.3. The fourth-order valence-corrected chi connectivity index (χ4v) is 5.32. The molecular formula is C25H33N3O3S. The van der Waals surface area contributed by atoms with Crippen molar-refractivity contribution in [2.45, 2.75) is 77.4 Å². The van der Waals surface area contributed by atoms with Gasteiger partial charge in [0.2, 0.25) is 0 Å². The van der Waals surface area contributed by atoms with E-state index < -0.39 is 11.7 Å². The fourth-order valence-electron chi connectivity index (χ4n) is 4.10. The molecular weight excluding hydrogens is 422 g/mol. The van der Waals surface area contributed by atoms with Gasteiger partial charge in [-0.2, -0.15) is 0 Å². The molecule has 1 saturated carbocycles.